The molecule has 0 bridgehead atoms. The van der Waals surface area contributed by atoms with Crippen LogP contribution in [0.1, 0.15) is 26.5 Å². The third-order valence-electron chi connectivity index (χ3n) is 4.54. The molecule has 1 N–H and O–H groups in total. The van der Waals surface area contributed by atoms with E-state index in [0.717, 1.165) is 27.5 Å². The first-order valence-corrected chi connectivity index (χ1v) is 10.2. The van der Waals surface area contributed by atoms with Gasteiger partial charge in [0.2, 0.25) is 5.16 Å². The highest BCUT2D eigenvalue weighted by atomic mass is 32.2. The number of nitrogens with one attached hydrogen (secondary N) is 1. The minimum atomic E-state index is -0.410. The molecule has 0 unspecified atom stereocenters. The number of thioether (sulfide) groups is 1. The van der Waals surface area contributed by atoms with Crippen LogP contribution < -0.4 is 11.0 Å². The van der Waals surface area contributed by atoms with Crippen LogP contribution in [-0.4, -0.2) is 26.1 Å². The zero-order chi connectivity index (χ0) is 19.9. The van der Waals surface area contributed by atoms with E-state index in [1.165, 1.54) is 16.4 Å². The molecule has 28 heavy (non-hydrogen) atoms. The maximum Gasteiger partial charge on any atom is 0.295 e. The Bertz CT molecular complexity index is 1190. The molecule has 0 amide bonds. The van der Waals surface area contributed by atoms with E-state index in [1.807, 2.05) is 75.6 Å². The Morgan fingerprint density at radius 3 is 2.04 bits per heavy atom. The van der Waals surface area contributed by atoms with Crippen molar-refractivity contribution in [1.82, 2.24) is 19.9 Å². The lowest BCUT2D eigenvalue weighted by atomic mass is 9.93. The number of hydrogen-bond donors (Lipinski definition) is 1. The third kappa shape index (κ3) is 3.11. The zero-order valence-corrected chi connectivity index (χ0v) is 17.0. The molecule has 0 fully saturated rings. The molecule has 2 aromatic heterocycles. The molecular formula is C21H21N5OS. The lowest BCUT2D eigenvalue weighted by Crippen LogP contribution is -2.37. The summed E-state index contributed by atoms with van der Waals surface area (Å²) in [4.78, 5) is 18.0. The molecule has 0 atom stereocenters. The van der Waals surface area contributed by atoms with E-state index in [1.54, 1.807) is 0 Å². The van der Waals surface area contributed by atoms with Crippen molar-refractivity contribution in [2.45, 2.75) is 31.3 Å². The van der Waals surface area contributed by atoms with Gasteiger partial charge < -0.3 is 0 Å². The Labute approximate surface area is 167 Å². The van der Waals surface area contributed by atoms with Gasteiger partial charge in [-0.05, 0) is 18.4 Å². The number of nitrogens with zero attached hydrogens (tertiary/aromatic N) is 4. The SMILES string of the molecule is CSc1nnc(C(C)(C)C)c(=O)n1Nc1c2ccccc2nc2ccccc12. The monoisotopic (exact) mass is 391 g/mol. The van der Waals surface area contributed by atoms with Gasteiger partial charge in [0.1, 0.15) is 5.69 Å². The predicted molar refractivity (Wildman–Crippen MR) is 115 cm³/mol. The van der Waals surface area contributed by atoms with E-state index in [2.05, 4.69) is 15.6 Å². The van der Waals surface area contributed by atoms with Crippen LogP contribution in [0.5, 0.6) is 0 Å². The number of para-hydroxylation sites is 2. The number of anilines is 1. The molecule has 4 rings (SSSR count). The topological polar surface area (TPSA) is 72.7 Å². The molecule has 0 aliphatic heterocycles. The highest BCUT2D eigenvalue weighted by Gasteiger charge is 2.24. The van der Waals surface area contributed by atoms with Crippen molar-refractivity contribution in [3.05, 3.63) is 64.6 Å². The molecule has 2 aromatic carbocycles. The summed E-state index contributed by atoms with van der Waals surface area (Å²) in [5, 5.41) is 10.9. The summed E-state index contributed by atoms with van der Waals surface area (Å²) in [7, 11) is 0. The van der Waals surface area contributed by atoms with Crippen molar-refractivity contribution in [1.29, 1.82) is 0 Å². The third-order valence-corrected chi connectivity index (χ3v) is 5.17. The number of benzene rings is 2. The number of aromatic nitrogens is 4. The number of rotatable bonds is 3. The van der Waals surface area contributed by atoms with E-state index in [9.17, 15) is 4.79 Å². The molecule has 0 saturated heterocycles. The minimum absolute atomic E-state index is 0.197. The van der Waals surface area contributed by atoms with Crippen LogP contribution in [0.2, 0.25) is 0 Å². The van der Waals surface area contributed by atoms with Gasteiger partial charge >= 0.3 is 0 Å². The Hall–Kier alpha value is -2.93. The number of pyridine rings is 1. The summed E-state index contributed by atoms with van der Waals surface area (Å²) < 4.78 is 1.49. The van der Waals surface area contributed by atoms with E-state index < -0.39 is 5.41 Å². The van der Waals surface area contributed by atoms with E-state index in [4.69, 9.17) is 4.98 Å². The molecule has 0 aliphatic rings. The average Bonchev–Trinajstić information content (AvgIpc) is 2.67. The van der Waals surface area contributed by atoms with Crippen LogP contribution >= 0.6 is 11.8 Å². The first-order chi connectivity index (χ1) is 13.4. The van der Waals surface area contributed by atoms with Gasteiger partial charge in [-0.2, -0.15) is 4.68 Å². The maximum absolute atomic E-state index is 13.2. The van der Waals surface area contributed by atoms with Gasteiger partial charge in [-0.15, -0.1) is 10.2 Å². The summed E-state index contributed by atoms with van der Waals surface area (Å²) >= 11 is 1.37. The lowest BCUT2D eigenvalue weighted by molar-refractivity contribution is 0.518. The molecule has 7 heteroatoms. The summed E-state index contributed by atoms with van der Waals surface area (Å²) in [6.07, 6.45) is 1.88. The van der Waals surface area contributed by atoms with Crippen molar-refractivity contribution in [2.24, 2.45) is 0 Å². The Morgan fingerprint density at radius 1 is 0.929 bits per heavy atom. The van der Waals surface area contributed by atoms with Crippen molar-refractivity contribution >= 4 is 39.3 Å². The van der Waals surface area contributed by atoms with Crippen molar-refractivity contribution < 1.29 is 0 Å². The van der Waals surface area contributed by atoms with Gasteiger partial charge in [-0.1, -0.05) is 68.9 Å². The van der Waals surface area contributed by atoms with Gasteiger partial charge in [-0.25, -0.2) is 4.98 Å². The number of hydrogen-bond acceptors (Lipinski definition) is 6. The van der Waals surface area contributed by atoms with Crippen LogP contribution in [0, 0.1) is 0 Å². The molecule has 2 heterocycles. The summed E-state index contributed by atoms with van der Waals surface area (Å²) in [6.45, 7) is 5.87. The van der Waals surface area contributed by atoms with E-state index >= 15 is 0 Å². The quantitative estimate of drug-likeness (QED) is 0.416. The largest absolute Gasteiger partial charge is 0.295 e. The van der Waals surface area contributed by atoms with Gasteiger partial charge in [0, 0.05) is 16.2 Å². The fraction of sp³-hybridized carbons (Fsp3) is 0.238. The van der Waals surface area contributed by atoms with Crippen molar-refractivity contribution in [2.75, 3.05) is 11.7 Å². The molecule has 6 nitrogen and oxygen atoms in total. The zero-order valence-electron chi connectivity index (χ0n) is 16.2. The fourth-order valence-corrected chi connectivity index (χ4v) is 3.58. The average molecular weight is 392 g/mol. The highest BCUT2D eigenvalue weighted by Crippen LogP contribution is 2.31. The highest BCUT2D eigenvalue weighted by molar-refractivity contribution is 7.98. The lowest BCUT2D eigenvalue weighted by Gasteiger charge is -2.20. The summed E-state index contributed by atoms with van der Waals surface area (Å²) in [5.41, 5.74) is 5.69. The van der Waals surface area contributed by atoms with Crippen LogP contribution in [0.4, 0.5) is 5.69 Å². The van der Waals surface area contributed by atoms with Crippen molar-refractivity contribution in [3.63, 3.8) is 0 Å². The smallest absolute Gasteiger partial charge is 0.288 e. The Morgan fingerprint density at radius 2 is 1.50 bits per heavy atom. The Kier molecular flexibility index (Phi) is 4.55. The Balaban J connectivity index is 2.02. The molecule has 0 saturated carbocycles. The van der Waals surface area contributed by atoms with Crippen LogP contribution in [0.25, 0.3) is 21.8 Å². The van der Waals surface area contributed by atoms with Crippen LogP contribution in [0.15, 0.2) is 58.5 Å². The van der Waals surface area contributed by atoms with Crippen LogP contribution in [-0.2, 0) is 5.41 Å². The maximum atomic E-state index is 13.2. The van der Waals surface area contributed by atoms with Gasteiger partial charge in [-0.3, -0.25) is 10.2 Å². The van der Waals surface area contributed by atoms with E-state index in [0.29, 0.717) is 10.9 Å². The predicted octanol–water partition coefficient (Wildman–Crippen LogP) is 4.23. The van der Waals surface area contributed by atoms with Gasteiger partial charge in [0.25, 0.3) is 5.56 Å². The normalized spacial score (nSPS) is 11.9. The molecule has 4 aromatic rings. The second kappa shape index (κ2) is 6.91. The second-order valence-corrected chi connectivity index (χ2v) is 8.33. The minimum Gasteiger partial charge on any atom is -0.288 e. The van der Waals surface area contributed by atoms with Gasteiger partial charge in [0.05, 0.1) is 16.7 Å². The summed E-state index contributed by atoms with van der Waals surface area (Å²) in [5.74, 6) is 0. The molecule has 0 spiro atoms. The second-order valence-electron chi connectivity index (χ2n) is 7.56. The fourth-order valence-electron chi connectivity index (χ4n) is 3.15. The molecule has 142 valence electrons. The van der Waals surface area contributed by atoms with Gasteiger partial charge in [0.15, 0.2) is 0 Å². The first-order valence-electron chi connectivity index (χ1n) is 8.99. The van der Waals surface area contributed by atoms with E-state index in [-0.39, 0.29) is 5.56 Å². The van der Waals surface area contributed by atoms with Crippen LogP contribution in [0.3, 0.4) is 0 Å². The number of fused-ring (bicyclic) bond motifs is 2. The standard InChI is InChI=1S/C21H21N5OS/c1-21(2,3)18-19(27)26(20(28-4)24-23-18)25-17-13-9-5-7-11-15(13)22-16-12-8-6-10-14(16)17/h5-12H,1-4H3,(H,22,25). The first kappa shape index (κ1) is 18.4. The molecule has 0 aliphatic carbocycles. The molecule has 0 radical (unpaired) electrons. The summed E-state index contributed by atoms with van der Waals surface area (Å²) in [6, 6.07) is 15.8. The molecular weight excluding hydrogens is 370 g/mol. The van der Waals surface area contributed by atoms with Crippen molar-refractivity contribution in [3.8, 4) is 0 Å².